The first kappa shape index (κ1) is 13.1. The van der Waals surface area contributed by atoms with Gasteiger partial charge in [-0.15, -0.1) is 0 Å². The minimum Gasteiger partial charge on any atom is -0.497 e. The molecule has 1 aromatic rings. The van der Waals surface area contributed by atoms with E-state index in [4.69, 9.17) is 14.6 Å². The number of aliphatic carboxylic acids is 1. The summed E-state index contributed by atoms with van der Waals surface area (Å²) in [6, 6.07) is 3.54. The van der Waals surface area contributed by atoms with Gasteiger partial charge in [0.1, 0.15) is 11.5 Å². The lowest BCUT2D eigenvalue weighted by molar-refractivity contribution is -0.135. The lowest BCUT2D eigenvalue weighted by atomic mass is 9.98. The molecule has 4 heteroatoms. The highest BCUT2D eigenvalue weighted by molar-refractivity contribution is 5.85. The number of hydrogen-bond acceptors (Lipinski definition) is 3. The minimum absolute atomic E-state index is 0.108. The summed E-state index contributed by atoms with van der Waals surface area (Å²) in [4.78, 5) is 10.7. The summed E-state index contributed by atoms with van der Waals surface area (Å²) in [5.41, 5.74) is 2.14. The molecule has 1 N–H and O–H groups in total. The van der Waals surface area contributed by atoms with E-state index in [-0.39, 0.29) is 6.42 Å². The summed E-state index contributed by atoms with van der Waals surface area (Å²) in [5.74, 6) is 0.339. The first-order valence-electron chi connectivity index (χ1n) is 5.12. The van der Waals surface area contributed by atoms with Crippen molar-refractivity contribution in [2.45, 2.75) is 13.3 Å². The molecule has 0 atom stereocenters. The standard InChI is InChI=1S/C13H16O4/c1-8-5-10(16-3)7-11(17-4)13(8)9(2)6-12(14)15/h5,7H,2,6H2,1,3-4H3,(H,14,15). The Kier molecular flexibility index (Phi) is 4.15. The van der Waals surface area contributed by atoms with Gasteiger partial charge in [-0.1, -0.05) is 6.58 Å². The Morgan fingerprint density at radius 2 is 2.00 bits per heavy atom. The molecular weight excluding hydrogens is 220 g/mol. The second kappa shape index (κ2) is 5.39. The van der Waals surface area contributed by atoms with Crippen LogP contribution < -0.4 is 9.47 Å². The molecule has 0 bridgehead atoms. The molecule has 0 spiro atoms. The fraction of sp³-hybridized carbons (Fsp3) is 0.308. The van der Waals surface area contributed by atoms with Crippen molar-refractivity contribution in [2.75, 3.05) is 14.2 Å². The summed E-state index contributed by atoms with van der Waals surface area (Å²) in [5, 5.41) is 8.77. The Morgan fingerprint density at radius 3 is 2.47 bits per heavy atom. The van der Waals surface area contributed by atoms with Crippen molar-refractivity contribution in [1.29, 1.82) is 0 Å². The maximum atomic E-state index is 10.7. The van der Waals surface area contributed by atoms with Crippen LogP contribution in [0.4, 0.5) is 0 Å². The molecule has 0 aliphatic rings. The Bertz CT molecular complexity index is 449. The third kappa shape index (κ3) is 3.00. The lowest BCUT2D eigenvalue weighted by Crippen LogP contribution is -2.01. The van der Waals surface area contributed by atoms with Crippen molar-refractivity contribution in [3.05, 3.63) is 29.8 Å². The zero-order valence-electron chi connectivity index (χ0n) is 10.2. The van der Waals surface area contributed by atoms with Crippen molar-refractivity contribution >= 4 is 11.5 Å². The molecule has 0 heterocycles. The maximum absolute atomic E-state index is 10.7. The number of carboxylic acids is 1. The lowest BCUT2D eigenvalue weighted by Gasteiger charge is -2.14. The highest BCUT2D eigenvalue weighted by atomic mass is 16.5. The molecule has 1 rings (SSSR count). The largest absolute Gasteiger partial charge is 0.497 e. The van der Waals surface area contributed by atoms with Gasteiger partial charge in [-0.05, 0) is 24.1 Å². The Labute approximate surface area is 100 Å². The Morgan fingerprint density at radius 1 is 1.35 bits per heavy atom. The van der Waals surface area contributed by atoms with Gasteiger partial charge in [-0.25, -0.2) is 0 Å². The molecule has 0 saturated carbocycles. The average molecular weight is 236 g/mol. The number of ether oxygens (including phenoxy) is 2. The molecule has 0 unspecified atom stereocenters. The van der Waals surface area contributed by atoms with E-state index in [1.54, 1.807) is 13.2 Å². The first-order valence-corrected chi connectivity index (χ1v) is 5.12. The maximum Gasteiger partial charge on any atom is 0.307 e. The van der Waals surface area contributed by atoms with Crippen LogP contribution in [0.3, 0.4) is 0 Å². The quantitative estimate of drug-likeness (QED) is 0.853. The Balaban J connectivity index is 3.22. The second-order valence-corrected chi connectivity index (χ2v) is 3.70. The van der Waals surface area contributed by atoms with Crippen LogP contribution >= 0.6 is 0 Å². The van der Waals surface area contributed by atoms with Gasteiger partial charge in [0, 0.05) is 11.6 Å². The molecule has 17 heavy (non-hydrogen) atoms. The van der Waals surface area contributed by atoms with E-state index in [9.17, 15) is 4.79 Å². The average Bonchev–Trinajstić information content (AvgIpc) is 2.26. The molecule has 92 valence electrons. The van der Waals surface area contributed by atoms with E-state index in [1.165, 1.54) is 7.11 Å². The number of carbonyl (C=O) groups is 1. The SMILES string of the molecule is C=C(CC(=O)O)c1c(C)cc(OC)cc1OC. The second-order valence-electron chi connectivity index (χ2n) is 3.70. The van der Waals surface area contributed by atoms with Crippen molar-refractivity contribution in [3.8, 4) is 11.5 Å². The van der Waals surface area contributed by atoms with Crippen LogP contribution in [0, 0.1) is 6.92 Å². The summed E-state index contributed by atoms with van der Waals surface area (Å²) in [7, 11) is 3.10. The van der Waals surface area contributed by atoms with Crippen molar-refractivity contribution in [1.82, 2.24) is 0 Å². The van der Waals surface area contributed by atoms with Gasteiger partial charge in [0.15, 0.2) is 0 Å². The van der Waals surface area contributed by atoms with Gasteiger partial charge in [-0.2, -0.15) is 0 Å². The molecule has 4 nitrogen and oxygen atoms in total. The molecular formula is C13H16O4. The van der Waals surface area contributed by atoms with Crippen molar-refractivity contribution < 1.29 is 19.4 Å². The normalized spacial score (nSPS) is 9.82. The molecule has 0 aliphatic heterocycles. The molecule has 0 fully saturated rings. The van der Waals surface area contributed by atoms with Crippen LogP contribution in [0.25, 0.3) is 5.57 Å². The number of benzene rings is 1. The van der Waals surface area contributed by atoms with Gasteiger partial charge in [0.2, 0.25) is 0 Å². The molecule has 0 aromatic heterocycles. The van der Waals surface area contributed by atoms with Gasteiger partial charge in [0.05, 0.1) is 20.6 Å². The van der Waals surface area contributed by atoms with Crippen molar-refractivity contribution in [2.24, 2.45) is 0 Å². The fourth-order valence-corrected chi connectivity index (χ4v) is 1.73. The van der Waals surface area contributed by atoms with Crippen LogP contribution in [0.15, 0.2) is 18.7 Å². The zero-order chi connectivity index (χ0) is 13.0. The number of hydrogen-bond donors (Lipinski definition) is 1. The third-order valence-corrected chi connectivity index (χ3v) is 2.45. The summed E-state index contributed by atoms with van der Waals surface area (Å²) in [6.45, 7) is 5.66. The predicted molar refractivity (Wildman–Crippen MR) is 65.6 cm³/mol. The van der Waals surface area contributed by atoms with Gasteiger partial charge in [0.25, 0.3) is 0 Å². The third-order valence-electron chi connectivity index (χ3n) is 2.45. The van der Waals surface area contributed by atoms with E-state index in [2.05, 4.69) is 6.58 Å². The van der Waals surface area contributed by atoms with E-state index >= 15 is 0 Å². The van der Waals surface area contributed by atoms with Crippen LogP contribution in [0.5, 0.6) is 11.5 Å². The Hall–Kier alpha value is -1.97. The molecule has 0 aliphatic carbocycles. The number of carboxylic acid groups (broad SMARTS) is 1. The highest BCUT2D eigenvalue weighted by Crippen LogP contribution is 2.34. The fourth-order valence-electron chi connectivity index (χ4n) is 1.73. The number of rotatable bonds is 5. The molecule has 0 radical (unpaired) electrons. The van der Waals surface area contributed by atoms with Crippen LogP contribution in [0.2, 0.25) is 0 Å². The topological polar surface area (TPSA) is 55.8 Å². The van der Waals surface area contributed by atoms with Gasteiger partial charge >= 0.3 is 5.97 Å². The van der Waals surface area contributed by atoms with Crippen LogP contribution in [-0.2, 0) is 4.79 Å². The van der Waals surface area contributed by atoms with Gasteiger partial charge < -0.3 is 14.6 Å². The monoisotopic (exact) mass is 236 g/mol. The van der Waals surface area contributed by atoms with Crippen LogP contribution in [0.1, 0.15) is 17.5 Å². The van der Waals surface area contributed by atoms with Gasteiger partial charge in [-0.3, -0.25) is 4.79 Å². The van der Waals surface area contributed by atoms with E-state index in [0.29, 0.717) is 17.1 Å². The number of methoxy groups -OCH3 is 2. The predicted octanol–water partition coefficient (Wildman–Crippen LogP) is 2.50. The smallest absolute Gasteiger partial charge is 0.307 e. The van der Waals surface area contributed by atoms with E-state index in [0.717, 1.165) is 11.1 Å². The van der Waals surface area contributed by atoms with Crippen molar-refractivity contribution in [3.63, 3.8) is 0 Å². The molecule has 0 amide bonds. The highest BCUT2D eigenvalue weighted by Gasteiger charge is 2.14. The zero-order valence-corrected chi connectivity index (χ0v) is 10.2. The summed E-state index contributed by atoms with van der Waals surface area (Å²) < 4.78 is 10.4. The molecule has 0 saturated heterocycles. The first-order chi connectivity index (χ1) is 7.99. The minimum atomic E-state index is -0.910. The number of aryl methyl sites for hydroxylation is 1. The summed E-state index contributed by atoms with van der Waals surface area (Å²) in [6.07, 6.45) is -0.108. The summed E-state index contributed by atoms with van der Waals surface area (Å²) >= 11 is 0. The van der Waals surface area contributed by atoms with E-state index in [1.807, 2.05) is 13.0 Å². The van der Waals surface area contributed by atoms with E-state index < -0.39 is 5.97 Å². The molecule has 1 aromatic carbocycles. The van der Waals surface area contributed by atoms with Crippen LogP contribution in [-0.4, -0.2) is 25.3 Å².